The van der Waals surface area contributed by atoms with Gasteiger partial charge in [0.25, 0.3) is 0 Å². The molecule has 0 radical (unpaired) electrons. The first-order chi connectivity index (χ1) is 5.63. The van der Waals surface area contributed by atoms with Gasteiger partial charge in [-0.15, -0.1) is 0 Å². The maximum atomic E-state index is 2.48. The maximum Gasteiger partial charge on any atom is -0.0324 e. The molecule has 0 nitrogen and oxygen atoms in total. The minimum atomic E-state index is 0.918. The van der Waals surface area contributed by atoms with Crippen molar-refractivity contribution in [1.82, 2.24) is 0 Å². The Bertz CT molecular complexity index is 171. The van der Waals surface area contributed by atoms with Crippen molar-refractivity contribution in [1.29, 1.82) is 0 Å². The van der Waals surface area contributed by atoms with E-state index in [1.54, 1.807) is 0 Å². The predicted molar refractivity (Wildman–Crippen MR) is 52.9 cm³/mol. The molecule has 2 aliphatic rings. The fourth-order valence-corrected chi connectivity index (χ4v) is 4.08. The van der Waals surface area contributed by atoms with Gasteiger partial charge in [-0.25, -0.2) is 0 Å². The minimum absolute atomic E-state index is 0.918. The van der Waals surface area contributed by atoms with Crippen molar-refractivity contribution in [3.05, 3.63) is 0 Å². The molecule has 0 heterocycles. The van der Waals surface area contributed by atoms with Crippen molar-refractivity contribution in [2.75, 3.05) is 0 Å². The fourth-order valence-electron chi connectivity index (χ4n) is 4.08. The Morgan fingerprint density at radius 2 is 1.75 bits per heavy atom. The smallest absolute Gasteiger partial charge is 0.0324 e. The molecule has 0 heteroatoms. The average Bonchev–Trinajstić information content (AvgIpc) is 2.27. The molecular weight excluding hydrogens is 144 g/mol. The van der Waals surface area contributed by atoms with E-state index in [-0.39, 0.29) is 0 Å². The highest BCUT2D eigenvalue weighted by molar-refractivity contribution is 5.01. The molecule has 0 spiro atoms. The Balaban J connectivity index is 2.08. The van der Waals surface area contributed by atoms with E-state index in [0.717, 1.165) is 35.5 Å². The Kier molecular flexibility index (Phi) is 1.97. The van der Waals surface area contributed by atoms with Crippen LogP contribution in [0.5, 0.6) is 0 Å². The number of hydrogen-bond donors (Lipinski definition) is 0. The highest BCUT2D eigenvalue weighted by Crippen LogP contribution is 2.59. The first-order valence-corrected chi connectivity index (χ1v) is 5.63. The fraction of sp³-hybridized carbons (Fsp3) is 1.00. The average molecular weight is 166 g/mol. The molecule has 0 aromatic carbocycles. The second-order valence-corrected chi connectivity index (χ2v) is 5.48. The standard InChI is InChI=1S/C12H22/c1-7(2)11-9(4)10-6-5-8(3)12(10)11/h7-12H,5-6H2,1-4H3. The van der Waals surface area contributed by atoms with Crippen LogP contribution in [0.1, 0.15) is 40.5 Å². The Morgan fingerprint density at radius 1 is 1.08 bits per heavy atom. The molecule has 12 heavy (non-hydrogen) atoms. The van der Waals surface area contributed by atoms with Gasteiger partial charge in [0.15, 0.2) is 0 Å². The van der Waals surface area contributed by atoms with Crippen LogP contribution in [-0.4, -0.2) is 0 Å². The normalized spacial score (nSPS) is 52.2. The highest BCUT2D eigenvalue weighted by Gasteiger charge is 2.53. The molecule has 0 bridgehead atoms. The summed E-state index contributed by atoms with van der Waals surface area (Å²) in [4.78, 5) is 0. The number of rotatable bonds is 1. The highest BCUT2D eigenvalue weighted by atomic mass is 14.6. The van der Waals surface area contributed by atoms with Crippen LogP contribution in [0.3, 0.4) is 0 Å². The van der Waals surface area contributed by atoms with E-state index in [1.165, 1.54) is 12.8 Å². The molecule has 0 aromatic heterocycles. The lowest BCUT2D eigenvalue weighted by atomic mass is 9.54. The van der Waals surface area contributed by atoms with Gasteiger partial charge >= 0.3 is 0 Å². The second-order valence-electron chi connectivity index (χ2n) is 5.48. The van der Waals surface area contributed by atoms with Gasteiger partial charge in [-0.1, -0.05) is 34.1 Å². The topological polar surface area (TPSA) is 0 Å². The van der Waals surface area contributed by atoms with E-state index in [0.29, 0.717) is 0 Å². The van der Waals surface area contributed by atoms with Crippen molar-refractivity contribution in [3.8, 4) is 0 Å². The quantitative estimate of drug-likeness (QED) is 0.558. The summed E-state index contributed by atoms with van der Waals surface area (Å²) < 4.78 is 0. The number of hydrogen-bond acceptors (Lipinski definition) is 0. The molecule has 2 fully saturated rings. The van der Waals surface area contributed by atoms with Crippen LogP contribution in [0.15, 0.2) is 0 Å². The van der Waals surface area contributed by atoms with Crippen molar-refractivity contribution in [3.63, 3.8) is 0 Å². The van der Waals surface area contributed by atoms with Crippen LogP contribution in [0, 0.1) is 35.5 Å². The Labute approximate surface area is 76.7 Å². The van der Waals surface area contributed by atoms with Crippen LogP contribution >= 0.6 is 0 Å². The summed E-state index contributed by atoms with van der Waals surface area (Å²) in [5.41, 5.74) is 0. The second kappa shape index (κ2) is 2.75. The monoisotopic (exact) mass is 166 g/mol. The summed E-state index contributed by atoms with van der Waals surface area (Å²) >= 11 is 0. The first-order valence-electron chi connectivity index (χ1n) is 5.63. The zero-order valence-electron chi connectivity index (χ0n) is 8.88. The third-order valence-corrected chi connectivity index (χ3v) is 4.60. The SMILES string of the molecule is CC(C)C1C(C)C2CCC(C)C21. The van der Waals surface area contributed by atoms with Gasteiger partial charge in [0.05, 0.1) is 0 Å². The Hall–Kier alpha value is 0. The summed E-state index contributed by atoms with van der Waals surface area (Å²) in [6, 6.07) is 0. The molecule has 2 rings (SSSR count). The molecule has 0 saturated heterocycles. The van der Waals surface area contributed by atoms with Gasteiger partial charge in [0.1, 0.15) is 0 Å². The summed E-state index contributed by atoms with van der Waals surface area (Å²) in [6.07, 6.45) is 3.03. The molecule has 5 unspecified atom stereocenters. The maximum absolute atomic E-state index is 2.48. The van der Waals surface area contributed by atoms with Gasteiger partial charge in [0.2, 0.25) is 0 Å². The summed E-state index contributed by atoms with van der Waals surface area (Å²) in [5, 5.41) is 0. The summed E-state index contributed by atoms with van der Waals surface area (Å²) in [5.74, 6) is 6.22. The molecule has 0 aromatic rings. The number of fused-ring (bicyclic) bond motifs is 1. The zero-order valence-corrected chi connectivity index (χ0v) is 8.88. The van der Waals surface area contributed by atoms with Crippen molar-refractivity contribution in [2.24, 2.45) is 35.5 Å². The lowest BCUT2D eigenvalue weighted by molar-refractivity contribution is -0.0364. The molecular formula is C12H22. The van der Waals surface area contributed by atoms with Gasteiger partial charge < -0.3 is 0 Å². The lowest BCUT2D eigenvalue weighted by Crippen LogP contribution is -2.46. The molecule has 0 amide bonds. The molecule has 0 N–H and O–H groups in total. The third kappa shape index (κ3) is 0.963. The first kappa shape index (κ1) is 8.59. The zero-order chi connectivity index (χ0) is 8.88. The Morgan fingerprint density at radius 3 is 2.33 bits per heavy atom. The van der Waals surface area contributed by atoms with Gasteiger partial charge in [-0.2, -0.15) is 0 Å². The molecule has 2 aliphatic carbocycles. The largest absolute Gasteiger partial charge is 0.0625 e. The molecule has 70 valence electrons. The summed E-state index contributed by atoms with van der Waals surface area (Å²) in [6.45, 7) is 9.75. The van der Waals surface area contributed by atoms with E-state index in [4.69, 9.17) is 0 Å². The van der Waals surface area contributed by atoms with Crippen LogP contribution < -0.4 is 0 Å². The summed E-state index contributed by atoms with van der Waals surface area (Å²) in [7, 11) is 0. The van der Waals surface area contributed by atoms with Gasteiger partial charge in [0, 0.05) is 0 Å². The lowest BCUT2D eigenvalue weighted by Gasteiger charge is -2.51. The van der Waals surface area contributed by atoms with Gasteiger partial charge in [-0.3, -0.25) is 0 Å². The van der Waals surface area contributed by atoms with Crippen molar-refractivity contribution >= 4 is 0 Å². The van der Waals surface area contributed by atoms with Crippen LogP contribution in [0.2, 0.25) is 0 Å². The third-order valence-electron chi connectivity index (χ3n) is 4.60. The van der Waals surface area contributed by atoms with Crippen LogP contribution in [-0.2, 0) is 0 Å². The van der Waals surface area contributed by atoms with Crippen molar-refractivity contribution in [2.45, 2.75) is 40.5 Å². The predicted octanol–water partition coefficient (Wildman–Crippen LogP) is 3.57. The minimum Gasteiger partial charge on any atom is -0.0625 e. The molecule has 2 saturated carbocycles. The van der Waals surface area contributed by atoms with E-state index in [2.05, 4.69) is 27.7 Å². The van der Waals surface area contributed by atoms with Crippen molar-refractivity contribution < 1.29 is 0 Å². The van der Waals surface area contributed by atoms with E-state index in [9.17, 15) is 0 Å². The van der Waals surface area contributed by atoms with E-state index < -0.39 is 0 Å². The van der Waals surface area contributed by atoms with Crippen LogP contribution in [0.4, 0.5) is 0 Å². The van der Waals surface area contributed by atoms with E-state index in [1.807, 2.05) is 0 Å². The van der Waals surface area contributed by atoms with Gasteiger partial charge in [-0.05, 0) is 41.9 Å². The molecule has 0 aliphatic heterocycles. The van der Waals surface area contributed by atoms with E-state index >= 15 is 0 Å². The van der Waals surface area contributed by atoms with Crippen LogP contribution in [0.25, 0.3) is 0 Å². The molecule has 5 atom stereocenters.